The third-order valence-corrected chi connectivity index (χ3v) is 7.34. The smallest absolute Gasteiger partial charge is 0.244 e. The molecule has 0 heterocycles. The summed E-state index contributed by atoms with van der Waals surface area (Å²) in [7, 11) is -3.84. The van der Waals surface area contributed by atoms with Crippen molar-refractivity contribution in [2.75, 3.05) is 23.7 Å². The number of sulfonamides is 1. The van der Waals surface area contributed by atoms with E-state index in [1.54, 1.807) is 31.2 Å². The number of nitrogens with zero attached hydrogens (tertiary/aromatic N) is 2. The fourth-order valence-corrected chi connectivity index (χ4v) is 5.16. The van der Waals surface area contributed by atoms with Crippen molar-refractivity contribution in [2.45, 2.75) is 39.3 Å². The van der Waals surface area contributed by atoms with E-state index in [1.165, 1.54) is 17.0 Å². The molecule has 0 radical (unpaired) electrons. The van der Waals surface area contributed by atoms with Crippen molar-refractivity contribution in [3.8, 4) is 0 Å². The average molecular weight is 540 g/mol. The summed E-state index contributed by atoms with van der Waals surface area (Å²) in [5, 5.41) is 2.80. The maximum Gasteiger partial charge on any atom is 0.244 e. The molecule has 0 aliphatic carbocycles. The van der Waals surface area contributed by atoms with Gasteiger partial charge in [0.05, 0.1) is 11.9 Å². The first kappa shape index (κ1) is 28.8. The lowest BCUT2D eigenvalue weighted by atomic mass is 10.0. The maximum absolute atomic E-state index is 14.0. The minimum absolute atomic E-state index is 0.000768. The number of carbonyl (C=O) groups is 2. The van der Waals surface area contributed by atoms with Gasteiger partial charge in [0.1, 0.15) is 18.4 Å². The van der Waals surface area contributed by atoms with E-state index in [2.05, 4.69) is 5.32 Å². The van der Waals surface area contributed by atoms with Gasteiger partial charge < -0.3 is 10.2 Å². The Balaban J connectivity index is 2.05. The third-order valence-electron chi connectivity index (χ3n) is 6.21. The molecule has 1 N–H and O–H groups in total. The molecule has 0 aromatic heterocycles. The van der Waals surface area contributed by atoms with E-state index in [0.29, 0.717) is 24.2 Å². The highest BCUT2D eigenvalue weighted by molar-refractivity contribution is 7.92. The fraction of sp³-hybridized carbons (Fsp3) is 0.310. The van der Waals surface area contributed by atoms with E-state index < -0.39 is 34.3 Å². The van der Waals surface area contributed by atoms with Gasteiger partial charge >= 0.3 is 0 Å². The molecule has 0 saturated carbocycles. The second-order valence-corrected chi connectivity index (χ2v) is 10.9. The molecule has 0 aliphatic rings. The molecule has 3 rings (SSSR count). The largest absolute Gasteiger partial charge is 0.355 e. The van der Waals surface area contributed by atoms with Gasteiger partial charge in [-0.05, 0) is 48.2 Å². The van der Waals surface area contributed by atoms with Crippen LogP contribution in [0.1, 0.15) is 30.5 Å². The molecule has 38 heavy (non-hydrogen) atoms. The van der Waals surface area contributed by atoms with Crippen LogP contribution in [0, 0.1) is 5.82 Å². The number of hydrogen-bond donors (Lipinski definition) is 1. The zero-order valence-electron chi connectivity index (χ0n) is 21.9. The number of anilines is 1. The number of rotatable bonds is 12. The summed E-state index contributed by atoms with van der Waals surface area (Å²) in [5.41, 5.74) is 2.66. The Morgan fingerprint density at radius 3 is 2.13 bits per heavy atom. The second-order valence-electron chi connectivity index (χ2n) is 9.00. The highest BCUT2D eigenvalue weighted by Crippen LogP contribution is 2.24. The Bertz CT molecular complexity index is 1330. The normalized spacial score (nSPS) is 12.0. The van der Waals surface area contributed by atoms with Gasteiger partial charge in [-0.25, -0.2) is 12.8 Å². The van der Waals surface area contributed by atoms with Gasteiger partial charge in [0.2, 0.25) is 21.8 Å². The van der Waals surface area contributed by atoms with Gasteiger partial charge in [0, 0.05) is 19.5 Å². The van der Waals surface area contributed by atoms with Gasteiger partial charge in [-0.2, -0.15) is 0 Å². The quantitative estimate of drug-likeness (QED) is 0.378. The molecule has 0 saturated heterocycles. The van der Waals surface area contributed by atoms with Crippen LogP contribution < -0.4 is 9.62 Å². The number of amides is 2. The Hall–Kier alpha value is -3.72. The minimum Gasteiger partial charge on any atom is -0.355 e. The molecule has 2 amide bonds. The summed E-state index contributed by atoms with van der Waals surface area (Å²) < 4.78 is 40.5. The first-order valence-corrected chi connectivity index (χ1v) is 14.4. The molecule has 9 heteroatoms. The summed E-state index contributed by atoms with van der Waals surface area (Å²) in [5.74, 6) is -1.32. The van der Waals surface area contributed by atoms with Crippen molar-refractivity contribution in [3.63, 3.8) is 0 Å². The lowest BCUT2D eigenvalue weighted by molar-refractivity contribution is -0.140. The van der Waals surface area contributed by atoms with Crippen LogP contribution in [0.4, 0.5) is 10.1 Å². The zero-order valence-corrected chi connectivity index (χ0v) is 22.7. The van der Waals surface area contributed by atoms with Crippen molar-refractivity contribution < 1.29 is 22.4 Å². The molecular formula is C29H34FN3O4S. The van der Waals surface area contributed by atoms with Gasteiger partial charge in [0.15, 0.2) is 0 Å². The fourth-order valence-electron chi connectivity index (χ4n) is 4.28. The van der Waals surface area contributed by atoms with Crippen LogP contribution in [0.25, 0.3) is 0 Å². The summed E-state index contributed by atoms with van der Waals surface area (Å²) in [4.78, 5) is 28.6. The topological polar surface area (TPSA) is 86.8 Å². The molecule has 202 valence electrons. The molecule has 0 spiro atoms. The van der Waals surface area contributed by atoms with Crippen molar-refractivity contribution in [1.82, 2.24) is 10.2 Å². The Morgan fingerprint density at radius 2 is 1.53 bits per heavy atom. The van der Waals surface area contributed by atoms with E-state index in [1.807, 2.05) is 49.4 Å². The van der Waals surface area contributed by atoms with Gasteiger partial charge in [-0.1, -0.05) is 67.6 Å². The van der Waals surface area contributed by atoms with Crippen molar-refractivity contribution in [3.05, 3.63) is 101 Å². The van der Waals surface area contributed by atoms with Crippen molar-refractivity contribution in [1.29, 1.82) is 0 Å². The lowest BCUT2D eigenvalue weighted by Crippen LogP contribution is -2.53. The summed E-state index contributed by atoms with van der Waals surface area (Å²) in [6, 6.07) is 21.1. The van der Waals surface area contributed by atoms with Crippen LogP contribution >= 0.6 is 0 Å². The van der Waals surface area contributed by atoms with Crippen LogP contribution in [0.5, 0.6) is 0 Å². The minimum atomic E-state index is -3.84. The van der Waals surface area contributed by atoms with Crippen LogP contribution in [-0.2, 0) is 39.0 Å². The van der Waals surface area contributed by atoms with Crippen LogP contribution in [-0.4, -0.2) is 50.5 Å². The highest BCUT2D eigenvalue weighted by Gasteiger charge is 2.33. The highest BCUT2D eigenvalue weighted by atomic mass is 32.2. The summed E-state index contributed by atoms with van der Waals surface area (Å²) in [6.45, 7) is 3.58. The first-order chi connectivity index (χ1) is 18.1. The van der Waals surface area contributed by atoms with Crippen LogP contribution in [0.15, 0.2) is 78.9 Å². The monoisotopic (exact) mass is 539 g/mol. The summed E-state index contributed by atoms with van der Waals surface area (Å²) in [6.07, 6.45) is 1.86. The van der Waals surface area contributed by atoms with Gasteiger partial charge in [-0.15, -0.1) is 0 Å². The number of benzene rings is 3. The molecule has 7 nitrogen and oxygen atoms in total. The van der Waals surface area contributed by atoms with Gasteiger partial charge in [0.25, 0.3) is 0 Å². The molecule has 3 aromatic rings. The number of para-hydroxylation sites is 1. The number of likely N-dealkylation sites (N-methyl/N-ethyl adjacent to an activating group) is 1. The van der Waals surface area contributed by atoms with Crippen LogP contribution in [0.2, 0.25) is 0 Å². The number of nitrogens with one attached hydrogen (secondary N) is 1. The summed E-state index contributed by atoms with van der Waals surface area (Å²) >= 11 is 0. The maximum atomic E-state index is 14.0. The molecule has 0 aliphatic heterocycles. The molecule has 0 unspecified atom stereocenters. The second kappa shape index (κ2) is 13.2. The Morgan fingerprint density at radius 1 is 0.895 bits per heavy atom. The first-order valence-electron chi connectivity index (χ1n) is 12.5. The predicted molar refractivity (Wildman–Crippen MR) is 148 cm³/mol. The third kappa shape index (κ3) is 7.64. The number of carbonyl (C=O) groups excluding carboxylic acids is 2. The number of hydrogen-bond acceptors (Lipinski definition) is 4. The zero-order chi connectivity index (χ0) is 27.7. The van der Waals surface area contributed by atoms with Crippen LogP contribution in [0.3, 0.4) is 0 Å². The van der Waals surface area contributed by atoms with E-state index in [9.17, 15) is 22.4 Å². The van der Waals surface area contributed by atoms with Crippen molar-refractivity contribution in [2.24, 2.45) is 0 Å². The van der Waals surface area contributed by atoms with E-state index in [4.69, 9.17) is 0 Å². The van der Waals surface area contributed by atoms with Crippen molar-refractivity contribution >= 4 is 27.5 Å². The Labute approximate surface area is 224 Å². The molecule has 0 fully saturated rings. The number of halogens is 1. The molecule has 1 atom stereocenters. The SMILES string of the molecule is CCNC(=O)[C@@H](Cc1ccccc1)N(Cc1ccc(F)cc1)C(=O)CN(c1ccccc1CC)S(C)(=O)=O. The predicted octanol–water partition coefficient (Wildman–Crippen LogP) is 3.93. The average Bonchev–Trinajstić information content (AvgIpc) is 2.90. The van der Waals surface area contributed by atoms with E-state index in [0.717, 1.165) is 21.7 Å². The Kier molecular flexibility index (Phi) is 10.0. The molecular weight excluding hydrogens is 505 g/mol. The van der Waals surface area contributed by atoms with Gasteiger partial charge in [-0.3, -0.25) is 13.9 Å². The molecule has 0 bridgehead atoms. The number of aryl methyl sites for hydroxylation is 1. The van der Waals surface area contributed by atoms with E-state index in [-0.39, 0.29) is 18.9 Å². The molecule has 3 aromatic carbocycles. The lowest BCUT2D eigenvalue weighted by Gasteiger charge is -2.33. The van der Waals surface area contributed by atoms with E-state index >= 15 is 0 Å². The standard InChI is InChI=1S/C29H34FN3O4S/c1-4-24-13-9-10-14-26(24)33(38(3,36)37)21-28(34)32(20-23-15-17-25(30)18-16-23)27(29(35)31-5-2)19-22-11-7-6-8-12-22/h6-18,27H,4-5,19-21H2,1-3H3,(H,31,35)/t27-/m1/s1.